The molecule has 1 saturated heterocycles. The topological polar surface area (TPSA) is 41.1 Å². The minimum atomic E-state index is -0.00996. The standard InChI is InChI=1S/C22H25ClN2O.ClH/c23-18-8-6-16(7-9-18)14-20(17-4-2-1-3-5-17)25-21(26)19-15-22(19)10-12-24-13-11-22;/h1-9,19-20,24H,10-15H2,(H,25,26);1H. The lowest BCUT2D eigenvalue weighted by Crippen LogP contribution is -2.35. The molecule has 1 heterocycles. The maximum atomic E-state index is 13.0. The summed E-state index contributed by atoms with van der Waals surface area (Å²) < 4.78 is 0. The maximum Gasteiger partial charge on any atom is 0.224 e. The van der Waals surface area contributed by atoms with Gasteiger partial charge in [-0.2, -0.15) is 0 Å². The lowest BCUT2D eigenvalue weighted by atomic mass is 9.91. The van der Waals surface area contributed by atoms with Gasteiger partial charge in [0.1, 0.15) is 0 Å². The second-order valence-electron chi connectivity index (χ2n) is 7.67. The molecule has 4 rings (SSSR count). The number of carbonyl (C=O) groups is 1. The number of hydrogen-bond acceptors (Lipinski definition) is 2. The van der Waals surface area contributed by atoms with Crippen molar-refractivity contribution in [2.45, 2.75) is 31.7 Å². The zero-order valence-corrected chi connectivity index (χ0v) is 16.9. The summed E-state index contributed by atoms with van der Waals surface area (Å²) in [6.45, 7) is 2.08. The second kappa shape index (κ2) is 8.64. The van der Waals surface area contributed by atoms with Crippen LogP contribution < -0.4 is 10.6 Å². The van der Waals surface area contributed by atoms with Gasteiger partial charge in [-0.05, 0) is 67.4 Å². The Bertz CT molecular complexity index is 758. The summed E-state index contributed by atoms with van der Waals surface area (Å²) in [4.78, 5) is 13.0. The molecule has 1 amide bonds. The van der Waals surface area contributed by atoms with Gasteiger partial charge in [-0.15, -0.1) is 12.4 Å². The van der Waals surface area contributed by atoms with Crippen LogP contribution in [0.5, 0.6) is 0 Å². The van der Waals surface area contributed by atoms with Crippen molar-refractivity contribution in [2.24, 2.45) is 11.3 Å². The summed E-state index contributed by atoms with van der Waals surface area (Å²) in [7, 11) is 0. The summed E-state index contributed by atoms with van der Waals surface area (Å²) in [5.41, 5.74) is 2.59. The number of amides is 1. The Balaban J connectivity index is 0.00000210. The molecule has 2 unspecified atom stereocenters. The number of rotatable bonds is 5. The fourth-order valence-corrected chi connectivity index (χ4v) is 4.39. The largest absolute Gasteiger partial charge is 0.349 e. The number of benzene rings is 2. The first-order valence-electron chi connectivity index (χ1n) is 9.47. The van der Waals surface area contributed by atoms with E-state index in [2.05, 4.69) is 22.8 Å². The van der Waals surface area contributed by atoms with Crippen molar-refractivity contribution < 1.29 is 4.79 Å². The molecule has 2 aromatic carbocycles. The van der Waals surface area contributed by atoms with Crippen LogP contribution in [0.1, 0.15) is 36.4 Å². The van der Waals surface area contributed by atoms with Gasteiger partial charge < -0.3 is 10.6 Å². The molecule has 0 bridgehead atoms. The minimum absolute atomic E-state index is 0. The Labute approximate surface area is 172 Å². The fourth-order valence-electron chi connectivity index (χ4n) is 4.26. The first kappa shape index (κ1) is 20.2. The lowest BCUT2D eigenvalue weighted by Gasteiger charge is -2.24. The molecule has 2 N–H and O–H groups in total. The van der Waals surface area contributed by atoms with Crippen LogP contribution in [0, 0.1) is 11.3 Å². The normalized spacial score (nSPS) is 21.1. The van der Waals surface area contributed by atoms with E-state index in [-0.39, 0.29) is 35.7 Å². The van der Waals surface area contributed by atoms with Gasteiger partial charge in [0.05, 0.1) is 6.04 Å². The van der Waals surface area contributed by atoms with Crippen molar-refractivity contribution >= 4 is 29.9 Å². The van der Waals surface area contributed by atoms with Crippen molar-refractivity contribution in [3.05, 3.63) is 70.7 Å². The smallest absolute Gasteiger partial charge is 0.224 e. The second-order valence-corrected chi connectivity index (χ2v) is 8.11. The van der Waals surface area contributed by atoms with E-state index in [0.717, 1.165) is 49.4 Å². The van der Waals surface area contributed by atoms with Gasteiger partial charge in [-0.3, -0.25) is 4.79 Å². The predicted molar refractivity (Wildman–Crippen MR) is 112 cm³/mol. The van der Waals surface area contributed by atoms with Crippen LogP contribution in [0.4, 0.5) is 0 Å². The molecule has 1 spiro atoms. The molecule has 1 saturated carbocycles. The van der Waals surface area contributed by atoms with Gasteiger partial charge in [0.2, 0.25) is 5.91 Å². The number of hydrogen-bond donors (Lipinski definition) is 2. The van der Waals surface area contributed by atoms with Crippen LogP contribution in [0.3, 0.4) is 0 Å². The number of halogens is 2. The monoisotopic (exact) mass is 404 g/mol. The first-order valence-corrected chi connectivity index (χ1v) is 9.85. The third-order valence-corrected chi connectivity index (χ3v) is 6.23. The quantitative estimate of drug-likeness (QED) is 0.766. The SMILES string of the molecule is Cl.O=C(NC(Cc1ccc(Cl)cc1)c1ccccc1)C1CC12CCNCC2. The van der Waals surface area contributed by atoms with E-state index in [4.69, 9.17) is 11.6 Å². The molecule has 27 heavy (non-hydrogen) atoms. The van der Waals surface area contributed by atoms with Crippen LogP contribution >= 0.6 is 24.0 Å². The fraction of sp³-hybridized carbons (Fsp3) is 0.409. The highest BCUT2D eigenvalue weighted by Gasteiger charge is 2.57. The van der Waals surface area contributed by atoms with E-state index in [9.17, 15) is 4.79 Å². The molecule has 1 aliphatic heterocycles. The molecule has 1 aliphatic carbocycles. The molecule has 3 nitrogen and oxygen atoms in total. The van der Waals surface area contributed by atoms with Gasteiger partial charge in [-0.1, -0.05) is 54.1 Å². The molecule has 2 atom stereocenters. The molecular weight excluding hydrogens is 379 g/mol. The van der Waals surface area contributed by atoms with Crippen molar-refractivity contribution in [1.29, 1.82) is 0 Å². The summed E-state index contributed by atoms with van der Waals surface area (Å²) in [6, 6.07) is 18.1. The summed E-state index contributed by atoms with van der Waals surface area (Å²) in [5, 5.41) is 7.47. The number of nitrogens with one attached hydrogen (secondary N) is 2. The van der Waals surface area contributed by atoms with Crippen LogP contribution in [-0.2, 0) is 11.2 Å². The highest BCUT2D eigenvalue weighted by atomic mass is 35.5. The average Bonchev–Trinajstić information content (AvgIpc) is 3.37. The van der Waals surface area contributed by atoms with Crippen molar-refractivity contribution in [1.82, 2.24) is 10.6 Å². The Hall–Kier alpha value is -1.55. The van der Waals surface area contributed by atoms with Crippen LogP contribution in [0.15, 0.2) is 54.6 Å². The summed E-state index contributed by atoms with van der Waals surface area (Å²) in [5.74, 6) is 0.399. The summed E-state index contributed by atoms with van der Waals surface area (Å²) >= 11 is 6.01. The van der Waals surface area contributed by atoms with Gasteiger partial charge in [-0.25, -0.2) is 0 Å². The Kier molecular flexibility index (Phi) is 6.46. The van der Waals surface area contributed by atoms with E-state index in [1.165, 1.54) is 5.56 Å². The molecular formula is C22H26Cl2N2O. The molecule has 5 heteroatoms. The van der Waals surface area contributed by atoms with E-state index in [1.54, 1.807) is 0 Å². The molecule has 2 fully saturated rings. The Morgan fingerprint density at radius 2 is 1.78 bits per heavy atom. The van der Waals surface area contributed by atoms with E-state index in [0.29, 0.717) is 0 Å². The molecule has 2 aliphatic rings. The predicted octanol–water partition coefficient (Wildman–Crippen LogP) is 4.55. The Morgan fingerprint density at radius 3 is 2.44 bits per heavy atom. The van der Waals surface area contributed by atoms with E-state index < -0.39 is 0 Å². The van der Waals surface area contributed by atoms with Crippen LogP contribution in [0.25, 0.3) is 0 Å². The first-order chi connectivity index (χ1) is 12.7. The van der Waals surface area contributed by atoms with Gasteiger partial charge in [0.15, 0.2) is 0 Å². The molecule has 144 valence electrons. The maximum absolute atomic E-state index is 13.0. The molecule has 2 aromatic rings. The Morgan fingerprint density at radius 1 is 1.11 bits per heavy atom. The van der Waals surface area contributed by atoms with Gasteiger partial charge >= 0.3 is 0 Å². The summed E-state index contributed by atoms with van der Waals surface area (Å²) in [6.07, 6.45) is 4.06. The van der Waals surface area contributed by atoms with Gasteiger partial charge in [0, 0.05) is 10.9 Å². The molecule has 0 aromatic heterocycles. The number of carbonyl (C=O) groups excluding carboxylic acids is 1. The average molecular weight is 405 g/mol. The molecule has 0 radical (unpaired) electrons. The lowest BCUT2D eigenvalue weighted by molar-refractivity contribution is -0.124. The highest BCUT2D eigenvalue weighted by Crippen LogP contribution is 2.58. The van der Waals surface area contributed by atoms with Crippen molar-refractivity contribution in [2.75, 3.05) is 13.1 Å². The van der Waals surface area contributed by atoms with Gasteiger partial charge in [0.25, 0.3) is 0 Å². The third kappa shape index (κ3) is 4.66. The van der Waals surface area contributed by atoms with E-state index in [1.807, 2.05) is 42.5 Å². The zero-order valence-electron chi connectivity index (χ0n) is 15.3. The zero-order chi connectivity index (χ0) is 18.0. The van der Waals surface area contributed by atoms with E-state index >= 15 is 0 Å². The third-order valence-electron chi connectivity index (χ3n) is 5.98. The van der Waals surface area contributed by atoms with Crippen molar-refractivity contribution in [3.8, 4) is 0 Å². The van der Waals surface area contributed by atoms with Crippen LogP contribution in [0.2, 0.25) is 5.02 Å². The van der Waals surface area contributed by atoms with Crippen LogP contribution in [-0.4, -0.2) is 19.0 Å². The highest BCUT2D eigenvalue weighted by molar-refractivity contribution is 6.30. The number of piperidine rings is 1. The van der Waals surface area contributed by atoms with Crippen molar-refractivity contribution in [3.63, 3.8) is 0 Å². The minimum Gasteiger partial charge on any atom is -0.349 e.